The zero-order valence-corrected chi connectivity index (χ0v) is 17.9. The van der Waals surface area contributed by atoms with Crippen LogP contribution in [0.25, 0.3) is 10.9 Å². The van der Waals surface area contributed by atoms with Gasteiger partial charge in [-0.25, -0.2) is 4.98 Å². The van der Waals surface area contributed by atoms with E-state index < -0.39 is 0 Å². The average Bonchev–Trinajstić information content (AvgIpc) is 2.84. The topological polar surface area (TPSA) is 65.5 Å². The van der Waals surface area contributed by atoms with Crippen molar-refractivity contribution in [3.8, 4) is 0 Å². The van der Waals surface area contributed by atoms with Crippen molar-refractivity contribution in [2.75, 3.05) is 42.5 Å². The average molecular weight is 417 g/mol. The first-order valence-corrected chi connectivity index (χ1v) is 11.2. The number of fused-ring (bicyclic) bond motifs is 1. The summed E-state index contributed by atoms with van der Waals surface area (Å²) in [6.45, 7) is 6.11. The fraction of sp³-hybridized carbons (Fsp3) is 0.417. The molecular formula is C24H28N6O. The van der Waals surface area contributed by atoms with Gasteiger partial charge in [-0.15, -0.1) is 10.2 Å². The van der Waals surface area contributed by atoms with Gasteiger partial charge in [-0.1, -0.05) is 24.3 Å². The Kier molecular flexibility index (Phi) is 5.40. The van der Waals surface area contributed by atoms with E-state index in [2.05, 4.69) is 44.0 Å². The van der Waals surface area contributed by atoms with Crippen molar-refractivity contribution < 1.29 is 4.79 Å². The predicted molar refractivity (Wildman–Crippen MR) is 123 cm³/mol. The molecule has 7 nitrogen and oxygen atoms in total. The van der Waals surface area contributed by atoms with Crippen LogP contribution in [0.2, 0.25) is 0 Å². The molecule has 5 rings (SSSR count). The van der Waals surface area contributed by atoms with Gasteiger partial charge < -0.3 is 14.7 Å². The highest BCUT2D eigenvalue weighted by atomic mass is 16.2. The van der Waals surface area contributed by atoms with Gasteiger partial charge in [0.2, 0.25) is 0 Å². The van der Waals surface area contributed by atoms with Gasteiger partial charge in [0, 0.05) is 44.2 Å². The van der Waals surface area contributed by atoms with Gasteiger partial charge in [0.15, 0.2) is 11.6 Å². The number of hydrogen-bond donors (Lipinski definition) is 0. The Hall–Kier alpha value is -3.22. The number of aromatic nitrogens is 3. The molecule has 0 bridgehead atoms. The van der Waals surface area contributed by atoms with E-state index in [0.29, 0.717) is 24.8 Å². The number of piperazine rings is 1. The monoisotopic (exact) mass is 416 g/mol. The van der Waals surface area contributed by atoms with Crippen molar-refractivity contribution in [3.63, 3.8) is 0 Å². The Morgan fingerprint density at radius 1 is 0.871 bits per heavy atom. The van der Waals surface area contributed by atoms with E-state index >= 15 is 0 Å². The fourth-order valence-electron chi connectivity index (χ4n) is 4.56. The van der Waals surface area contributed by atoms with Gasteiger partial charge in [0.25, 0.3) is 5.91 Å². The second-order valence-corrected chi connectivity index (χ2v) is 8.46. The summed E-state index contributed by atoms with van der Waals surface area (Å²) >= 11 is 0. The van der Waals surface area contributed by atoms with Crippen LogP contribution >= 0.6 is 0 Å². The number of pyridine rings is 1. The highest BCUT2D eigenvalue weighted by Gasteiger charge is 2.25. The van der Waals surface area contributed by atoms with E-state index in [1.54, 1.807) is 0 Å². The molecule has 2 aromatic heterocycles. The van der Waals surface area contributed by atoms with Crippen LogP contribution in [0.5, 0.6) is 0 Å². The number of benzene rings is 1. The number of nitrogens with zero attached hydrogens (tertiary/aromatic N) is 6. The van der Waals surface area contributed by atoms with E-state index in [0.717, 1.165) is 42.2 Å². The van der Waals surface area contributed by atoms with Crippen molar-refractivity contribution in [2.24, 2.45) is 0 Å². The summed E-state index contributed by atoms with van der Waals surface area (Å²) in [5.41, 5.74) is 1.36. The Morgan fingerprint density at radius 3 is 2.42 bits per heavy atom. The number of carbonyl (C=O) groups excluding carboxylic acids is 1. The van der Waals surface area contributed by atoms with Gasteiger partial charge >= 0.3 is 0 Å². The largest absolute Gasteiger partial charge is 0.352 e. The van der Waals surface area contributed by atoms with Crippen molar-refractivity contribution in [3.05, 3.63) is 54.2 Å². The molecule has 2 saturated heterocycles. The molecule has 31 heavy (non-hydrogen) atoms. The van der Waals surface area contributed by atoms with Crippen LogP contribution in [0.1, 0.15) is 36.7 Å². The summed E-state index contributed by atoms with van der Waals surface area (Å²) in [5, 5.41) is 10.0. The van der Waals surface area contributed by atoms with Crippen LogP contribution in [0, 0.1) is 0 Å². The summed E-state index contributed by atoms with van der Waals surface area (Å²) in [5.74, 6) is 1.84. The molecule has 4 heterocycles. The number of amides is 1. The smallest absolute Gasteiger partial charge is 0.272 e. The highest BCUT2D eigenvalue weighted by Crippen LogP contribution is 2.24. The summed E-state index contributed by atoms with van der Waals surface area (Å²) in [6.07, 6.45) is 3.72. The molecule has 0 N–H and O–H groups in total. The number of piperidine rings is 1. The minimum absolute atomic E-state index is 0.00841. The first-order valence-electron chi connectivity index (χ1n) is 11.2. The molecule has 0 saturated carbocycles. The summed E-state index contributed by atoms with van der Waals surface area (Å²) < 4.78 is 0. The summed E-state index contributed by atoms with van der Waals surface area (Å²) in [4.78, 5) is 23.9. The van der Waals surface area contributed by atoms with Crippen LogP contribution in [-0.2, 0) is 0 Å². The van der Waals surface area contributed by atoms with Crippen LogP contribution in [0.4, 0.5) is 11.6 Å². The normalized spacial score (nSPS) is 19.6. The number of para-hydroxylation sites is 1. The first kappa shape index (κ1) is 19.7. The lowest BCUT2D eigenvalue weighted by atomic mass is 10.0. The second-order valence-electron chi connectivity index (χ2n) is 8.46. The van der Waals surface area contributed by atoms with E-state index in [9.17, 15) is 4.79 Å². The van der Waals surface area contributed by atoms with E-state index in [4.69, 9.17) is 0 Å². The molecule has 0 aliphatic carbocycles. The highest BCUT2D eigenvalue weighted by molar-refractivity contribution is 5.95. The predicted octanol–water partition coefficient (Wildman–Crippen LogP) is 3.37. The molecule has 1 atom stereocenters. The molecule has 2 aliphatic heterocycles. The van der Waals surface area contributed by atoms with Gasteiger partial charge in [0.05, 0.1) is 5.52 Å². The molecule has 1 aromatic carbocycles. The Balaban J connectivity index is 1.22. The van der Waals surface area contributed by atoms with E-state index in [-0.39, 0.29) is 5.91 Å². The van der Waals surface area contributed by atoms with E-state index in [1.165, 1.54) is 19.3 Å². The molecule has 2 fully saturated rings. The number of rotatable bonds is 3. The fourth-order valence-corrected chi connectivity index (χ4v) is 4.56. The Morgan fingerprint density at radius 2 is 1.65 bits per heavy atom. The van der Waals surface area contributed by atoms with Crippen molar-refractivity contribution in [1.82, 2.24) is 20.1 Å². The number of hydrogen-bond acceptors (Lipinski definition) is 6. The zero-order valence-electron chi connectivity index (χ0n) is 17.9. The maximum Gasteiger partial charge on any atom is 0.272 e. The van der Waals surface area contributed by atoms with Gasteiger partial charge in [-0.2, -0.15) is 0 Å². The van der Waals surface area contributed by atoms with Gasteiger partial charge in [-0.05, 0) is 50.5 Å². The molecule has 1 amide bonds. The number of carbonyl (C=O) groups is 1. The summed E-state index contributed by atoms with van der Waals surface area (Å²) in [6, 6.07) is 16.3. The number of anilines is 2. The molecule has 7 heteroatoms. The first-order chi connectivity index (χ1) is 15.2. The van der Waals surface area contributed by atoms with Gasteiger partial charge in [-0.3, -0.25) is 4.79 Å². The molecule has 2 aliphatic rings. The third-order valence-electron chi connectivity index (χ3n) is 6.44. The quantitative estimate of drug-likeness (QED) is 0.652. The van der Waals surface area contributed by atoms with Gasteiger partial charge in [0.1, 0.15) is 5.69 Å². The maximum absolute atomic E-state index is 12.9. The summed E-state index contributed by atoms with van der Waals surface area (Å²) in [7, 11) is 0. The van der Waals surface area contributed by atoms with Crippen LogP contribution in [0.3, 0.4) is 0 Å². The third kappa shape index (κ3) is 4.04. The van der Waals surface area contributed by atoms with E-state index in [1.807, 2.05) is 41.3 Å². The molecule has 3 aromatic rings. The van der Waals surface area contributed by atoms with Crippen LogP contribution < -0.4 is 9.80 Å². The minimum atomic E-state index is -0.00841. The molecule has 0 spiro atoms. The van der Waals surface area contributed by atoms with Crippen LogP contribution in [0.15, 0.2) is 48.5 Å². The lowest BCUT2D eigenvalue weighted by molar-refractivity contribution is 0.0741. The standard InChI is InChI=1S/C24H28N6O/c1-18-6-4-5-13-30(18)23-12-11-22(26-27-23)28-14-16-29(17-15-28)24(31)21-10-9-19-7-2-3-8-20(19)25-21/h2-3,7-12,18H,4-6,13-17H2,1H3. The second kappa shape index (κ2) is 8.49. The SMILES string of the molecule is CC1CCCCN1c1ccc(N2CCN(C(=O)c3ccc4ccccc4n3)CC2)nn1. The van der Waals surface area contributed by atoms with Crippen molar-refractivity contribution in [2.45, 2.75) is 32.2 Å². The molecule has 1 unspecified atom stereocenters. The minimum Gasteiger partial charge on any atom is -0.352 e. The lowest BCUT2D eigenvalue weighted by Gasteiger charge is -2.36. The Labute approximate surface area is 182 Å². The Bertz CT molecular complexity index is 1060. The zero-order chi connectivity index (χ0) is 21.2. The van der Waals surface area contributed by atoms with Crippen molar-refractivity contribution >= 4 is 28.4 Å². The maximum atomic E-state index is 12.9. The molecule has 160 valence electrons. The molecule has 0 radical (unpaired) electrons. The van der Waals surface area contributed by atoms with Crippen molar-refractivity contribution in [1.29, 1.82) is 0 Å². The van der Waals surface area contributed by atoms with Crippen LogP contribution in [-0.4, -0.2) is 64.8 Å². The lowest BCUT2D eigenvalue weighted by Crippen LogP contribution is -2.49. The third-order valence-corrected chi connectivity index (χ3v) is 6.44. The molecular weight excluding hydrogens is 388 g/mol.